The summed E-state index contributed by atoms with van der Waals surface area (Å²) in [7, 11) is 1.92. The van der Waals surface area contributed by atoms with Crippen LogP contribution in [0.2, 0.25) is 0 Å². The Hall–Kier alpha value is -1.83. The third-order valence-electron chi connectivity index (χ3n) is 4.96. The van der Waals surface area contributed by atoms with E-state index in [2.05, 4.69) is 36.5 Å². The maximum absolute atomic E-state index is 12.4. The van der Waals surface area contributed by atoms with E-state index in [4.69, 9.17) is 0 Å². The number of hydrogen-bond donors (Lipinski definition) is 1. The summed E-state index contributed by atoms with van der Waals surface area (Å²) in [6.07, 6.45) is 12.3. The molecule has 2 nitrogen and oxygen atoms in total. The molecular formula is C23H33NO. The Morgan fingerprint density at radius 2 is 1.40 bits per heavy atom. The topological polar surface area (TPSA) is 29.1 Å². The van der Waals surface area contributed by atoms with Crippen LogP contribution >= 0.6 is 0 Å². The lowest BCUT2D eigenvalue weighted by molar-refractivity contribution is 0.0979. The lowest BCUT2D eigenvalue weighted by Gasteiger charge is -2.06. The van der Waals surface area contributed by atoms with Gasteiger partial charge in [0.25, 0.3) is 0 Å². The monoisotopic (exact) mass is 339 g/mol. The SMILES string of the molecule is CCCCCCCCCCCC(=O)c1ccc2cc(NC)ccc2c1. The average molecular weight is 340 g/mol. The molecule has 0 fully saturated rings. The fourth-order valence-corrected chi connectivity index (χ4v) is 3.32. The van der Waals surface area contributed by atoms with Crippen molar-refractivity contribution in [3.05, 3.63) is 42.0 Å². The minimum Gasteiger partial charge on any atom is -0.388 e. The van der Waals surface area contributed by atoms with E-state index in [0.29, 0.717) is 6.42 Å². The van der Waals surface area contributed by atoms with Crippen LogP contribution in [0, 0.1) is 0 Å². The van der Waals surface area contributed by atoms with Gasteiger partial charge in [-0.3, -0.25) is 4.79 Å². The number of rotatable bonds is 12. The van der Waals surface area contributed by atoms with Crippen molar-refractivity contribution in [1.29, 1.82) is 0 Å². The van der Waals surface area contributed by atoms with Crippen molar-refractivity contribution in [3.63, 3.8) is 0 Å². The van der Waals surface area contributed by atoms with E-state index in [-0.39, 0.29) is 5.78 Å². The van der Waals surface area contributed by atoms with Crippen molar-refractivity contribution in [1.82, 2.24) is 0 Å². The second kappa shape index (κ2) is 10.9. The fourth-order valence-electron chi connectivity index (χ4n) is 3.32. The fraction of sp³-hybridized carbons (Fsp3) is 0.522. The van der Waals surface area contributed by atoms with Crippen LogP contribution in [0.5, 0.6) is 0 Å². The quantitative estimate of drug-likeness (QED) is 0.333. The van der Waals surface area contributed by atoms with Gasteiger partial charge in [0.05, 0.1) is 0 Å². The van der Waals surface area contributed by atoms with Gasteiger partial charge in [0.1, 0.15) is 0 Å². The molecule has 0 aliphatic carbocycles. The minimum atomic E-state index is 0.280. The minimum absolute atomic E-state index is 0.280. The summed E-state index contributed by atoms with van der Waals surface area (Å²) in [5.74, 6) is 0.280. The Kier molecular flexibility index (Phi) is 8.51. The van der Waals surface area contributed by atoms with Crippen LogP contribution < -0.4 is 5.32 Å². The second-order valence-electron chi connectivity index (χ2n) is 7.03. The Labute approximate surface area is 153 Å². The molecule has 1 N–H and O–H groups in total. The van der Waals surface area contributed by atoms with Gasteiger partial charge in [-0.15, -0.1) is 0 Å². The van der Waals surface area contributed by atoms with E-state index in [1.807, 2.05) is 19.2 Å². The number of unbranched alkanes of at least 4 members (excludes halogenated alkanes) is 8. The van der Waals surface area contributed by atoms with Crippen LogP contribution in [0.1, 0.15) is 81.5 Å². The summed E-state index contributed by atoms with van der Waals surface area (Å²) in [6, 6.07) is 12.3. The molecule has 0 heterocycles. The molecule has 136 valence electrons. The maximum Gasteiger partial charge on any atom is 0.162 e. The first-order chi connectivity index (χ1) is 12.2. The largest absolute Gasteiger partial charge is 0.388 e. The normalized spacial score (nSPS) is 11.0. The number of nitrogens with one attached hydrogen (secondary N) is 1. The molecule has 25 heavy (non-hydrogen) atoms. The molecule has 2 aromatic carbocycles. The van der Waals surface area contributed by atoms with Gasteiger partial charge in [0, 0.05) is 24.7 Å². The Bertz CT molecular complexity index is 662. The first kappa shape index (κ1) is 19.5. The van der Waals surface area contributed by atoms with E-state index >= 15 is 0 Å². The molecule has 0 saturated carbocycles. The van der Waals surface area contributed by atoms with Crippen molar-refractivity contribution in [2.45, 2.75) is 71.1 Å². The van der Waals surface area contributed by atoms with Gasteiger partial charge in [0.2, 0.25) is 0 Å². The molecule has 0 amide bonds. The van der Waals surface area contributed by atoms with Crippen molar-refractivity contribution < 1.29 is 4.79 Å². The summed E-state index contributed by atoms with van der Waals surface area (Å²) < 4.78 is 0. The highest BCUT2D eigenvalue weighted by molar-refractivity contribution is 6.00. The van der Waals surface area contributed by atoms with Gasteiger partial charge in [-0.1, -0.05) is 76.5 Å². The van der Waals surface area contributed by atoms with E-state index in [1.54, 1.807) is 0 Å². The van der Waals surface area contributed by atoms with E-state index in [9.17, 15) is 4.79 Å². The zero-order valence-electron chi connectivity index (χ0n) is 15.9. The average Bonchev–Trinajstić information content (AvgIpc) is 2.65. The lowest BCUT2D eigenvalue weighted by atomic mass is 10.00. The molecule has 2 aromatic rings. The third-order valence-corrected chi connectivity index (χ3v) is 4.96. The first-order valence-corrected chi connectivity index (χ1v) is 9.99. The van der Waals surface area contributed by atoms with Crippen LogP contribution in [-0.4, -0.2) is 12.8 Å². The number of Topliss-reactive ketones (excluding diaryl/α,β-unsaturated/α-hetero) is 1. The van der Waals surface area contributed by atoms with Gasteiger partial charge >= 0.3 is 0 Å². The van der Waals surface area contributed by atoms with Gasteiger partial charge in [-0.05, 0) is 35.4 Å². The van der Waals surface area contributed by atoms with Crippen molar-refractivity contribution >= 4 is 22.2 Å². The molecule has 0 unspecified atom stereocenters. The van der Waals surface area contributed by atoms with E-state index in [0.717, 1.165) is 23.1 Å². The Balaban J connectivity index is 1.71. The van der Waals surface area contributed by atoms with Crippen LogP contribution in [0.3, 0.4) is 0 Å². The van der Waals surface area contributed by atoms with Gasteiger partial charge < -0.3 is 5.32 Å². The van der Waals surface area contributed by atoms with Crippen molar-refractivity contribution in [2.75, 3.05) is 12.4 Å². The Morgan fingerprint density at radius 3 is 2.08 bits per heavy atom. The lowest BCUT2D eigenvalue weighted by Crippen LogP contribution is -1.99. The number of hydrogen-bond acceptors (Lipinski definition) is 2. The van der Waals surface area contributed by atoms with Gasteiger partial charge in [-0.2, -0.15) is 0 Å². The number of fused-ring (bicyclic) bond motifs is 1. The predicted octanol–water partition coefficient (Wildman–Crippen LogP) is 6.99. The number of carbonyl (C=O) groups excluding carboxylic acids is 1. The van der Waals surface area contributed by atoms with Crippen LogP contribution in [-0.2, 0) is 0 Å². The number of anilines is 1. The van der Waals surface area contributed by atoms with E-state index in [1.165, 1.54) is 56.8 Å². The molecule has 0 spiro atoms. The second-order valence-corrected chi connectivity index (χ2v) is 7.03. The Morgan fingerprint density at radius 1 is 0.800 bits per heavy atom. The molecule has 0 aliphatic rings. The number of ketones is 1. The van der Waals surface area contributed by atoms with Gasteiger partial charge in [0.15, 0.2) is 5.78 Å². The molecule has 0 bridgehead atoms. The third kappa shape index (κ3) is 6.53. The van der Waals surface area contributed by atoms with Crippen molar-refractivity contribution in [2.24, 2.45) is 0 Å². The van der Waals surface area contributed by atoms with Crippen LogP contribution in [0.4, 0.5) is 5.69 Å². The smallest absolute Gasteiger partial charge is 0.162 e. The van der Waals surface area contributed by atoms with Gasteiger partial charge in [-0.25, -0.2) is 0 Å². The molecular weight excluding hydrogens is 306 g/mol. The summed E-state index contributed by atoms with van der Waals surface area (Å²) >= 11 is 0. The summed E-state index contributed by atoms with van der Waals surface area (Å²) in [5.41, 5.74) is 1.95. The van der Waals surface area contributed by atoms with Crippen LogP contribution in [0.25, 0.3) is 10.8 Å². The predicted molar refractivity (Wildman–Crippen MR) is 110 cm³/mol. The van der Waals surface area contributed by atoms with Crippen molar-refractivity contribution in [3.8, 4) is 0 Å². The summed E-state index contributed by atoms with van der Waals surface area (Å²) in [5, 5.41) is 5.46. The maximum atomic E-state index is 12.4. The summed E-state index contributed by atoms with van der Waals surface area (Å²) in [4.78, 5) is 12.4. The molecule has 0 aromatic heterocycles. The molecule has 2 rings (SSSR count). The number of benzene rings is 2. The number of carbonyl (C=O) groups is 1. The first-order valence-electron chi connectivity index (χ1n) is 9.99. The van der Waals surface area contributed by atoms with E-state index < -0.39 is 0 Å². The molecule has 0 atom stereocenters. The molecule has 0 radical (unpaired) electrons. The highest BCUT2D eigenvalue weighted by atomic mass is 16.1. The zero-order chi connectivity index (χ0) is 17.9. The molecule has 0 saturated heterocycles. The zero-order valence-corrected chi connectivity index (χ0v) is 15.9. The highest BCUT2D eigenvalue weighted by Gasteiger charge is 2.07. The highest BCUT2D eigenvalue weighted by Crippen LogP contribution is 2.21. The standard InChI is InChI=1S/C23H33NO/c1-3-4-5-6-7-8-9-10-11-12-23(25)21-14-13-20-18-22(24-2)16-15-19(20)17-21/h13-18,24H,3-12H2,1-2H3. The molecule has 0 aliphatic heterocycles. The molecule has 2 heteroatoms. The van der Waals surface area contributed by atoms with Crippen LogP contribution in [0.15, 0.2) is 36.4 Å². The summed E-state index contributed by atoms with van der Waals surface area (Å²) in [6.45, 7) is 2.26.